The molecule has 0 radical (unpaired) electrons. The molecule has 21 heavy (non-hydrogen) atoms. The van der Waals surface area contributed by atoms with Gasteiger partial charge in [-0.25, -0.2) is 4.98 Å². The maximum absolute atomic E-state index is 5.04. The molecule has 1 N–H and O–H groups in total. The van der Waals surface area contributed by atoms with Crippen LogP contribution in [0.3, 0.4) is 0 Å². The van der Waals surface area contributed by atoms with E-state index < -0.39 is 0 Å². The third-order valence-electron chi connectivity index (χ3n) is 4.36. The Morgan fingerprint density at radius 1 is 1.29 bits per heavy atom. The predicted octanol–water partition coefficient (Wildman–Crippen LogP) is 4.14. The monoisotopic (exact) mass is 307 g/mol. The summed E-state index contributed by atoms with van der Waals surface area (Å²) in [7, 11) is 0. The number of hydrogen-bond donors (Lipinski definition) is 1. The van der Waals surface area contributed by atoms with E-state index >= 15 is 0 Å². The van der Waals surface area contributed by atoms with E-state index in [-0.39, 0.29) is 0 Å². The van der Waals surface area contributed by atoms with Crippen LogP contribution in [0.5, 0.6) is 0 Å². The predicted molar refractivity (Wildman–Crippen MR) is 91.3 cm³/mol. The molecule has 0 bridgehead atoms. The van der Waals surface area contributed by atoms with Gasteiger partial charge in [0.05, 0.1) is 5.69 Å². The fraction of sp³-hybridized carbons (Fsp3) is 0.824. The first kappa shape index (κ1) is 15.3. The summed E-state index contributed by atoms with van der Waals surface area (Å²) in [6.07, 6.45) is 6.78. The van der Waals surface area contributed by atoms with Crippen LogP contribution < -0.4 is 10.2 Å². The largest absolute Gasteiger partial charge is 0.345 e. The van der Waals surface area contributed by atoms with E-state index in [1.54, 1.807) is 0 Å². The average molecular weight is 308 g/mol. The summed E-state index contributed by atoms with van der Waals surface area (Å²) in [5.74, 6) is 1.47. The van der Waals surface area contributed by atoms with Crippen molar-refractivity contribution in [3.63, 3.8) is 0 Å². The van der Waals surface area contributed by atoms with Crippen molar-refractivity contribution in [3.05, 3.63) is 10.6 Å². The molecule has 1 aromatic rings. The molecule has 118 valence electrons. The summed E-state index contributed by atoms with van der Waals surface area (Å²) in [6, 6.07) is 0.785. The summed E-state index contributed by atoms with van der Waals surface area (Å²) in [4.78, 5) is 9.11. The molecule has 3 rings (SSSR count). The second kappa shape index (κ2) is 6.66. The van der Waals surface area contributed by atoms with Gasteiger partial charge < -0.3 is 10.2 Å². The van der Waals surface area contributed by atoms with Crippen LogP contribution in [0.2, 0.25) is 0 Å². The third-order valence-corrected chi connectivity index (χ3v) is 5.47. The van der Waals surface area contributed by atoms with E-state index in [4.69, 9.17) is 4.98 Å². The highest BCUT2D eigenvalue weighted by atomic mass is 32.1. The fourth-order valence-electron chi connectivity index (χ4n) is 2.78. The first-order valence-electron chi connectivity index (χ1n) is 8.66. The first-order chi connectivity index (χ1) is 10.2. The highest BCUT2D eigenvalue weighted by Gasteiger charge is 2.35. The van der Waals surface area contributed by atoms with Crippen LogP contribution in [-0.4, -0.2) is 24.1 Å². The molecule has 0 saturated heterocycles. The molecule has 1 aromatic heterocycles. The van der Waals surface area contributed by atoms with Crippen LogP contribution in [-0.2, 0) is 6.54 Å². The van der Waals surface area contributed by atoms with Crippen molar-refractivity contribution in [2.45, 2.75) is 71.4 Å². The standard InChI is InChI=1S/C17H29N3S/c1-4-9-18-10-15-16(12(2)3)19-17(21-15)20(14-7-8-14)11-13-5-6-13/h12-14,18H,4-11H2,1-3H3. The minimum Gasteiger partial charge on any atom is -0.345 e. The Morgan fingerprint density at radius 2 is 2.05 bits per heavy atom. The van der Waals surface area contributed by atoms with Crippen LogP contribution in [0.15, 0.2) is 0 Å². The van der Waals surface area contributed by atoms with Crippen molar-refractivity contribution in [2.24, 2.45) is 5.92 Å². The van der Waals surface area contributed by atoms with Crippen LogP contribution in [0.25, 0.3) is 0 Å². The second-order valence-corrected chi connectivity index (χ2v) is 8.03. The zero-order chi connectivity index (χ0) is 14.8. The van der Waals surface area contributed by atoms with E-state index in [0.717, 1.165) is 25.0 Å². The molecule has 0 amide bonds. The highest BCUT2D eigenvalue weighted by Crippen LogP contribution is 2.40. The van der Waals surface area contributed by atoms with Gasteiger partial charge in [-0.2, -0.15) is 0 Å². The average Bonchev–Trinajstić information content (AvgIpc) is 3.35. The van der Waals surface area contributed by atoms with Crippen LogP contribution in [0.1, 0.15) is 69.4 Å². The van der Waals surface area contributed by atoms with Gasteiger partial charge in [-0.3, -0.25) is 0 Å². The maximum atomic E-state index is 5.04. The smallest absolute Gasteiger partial charge is 0.186 e. The van der Waals surface area contributed by atoms with E-state index in [1.807, 2.05) is 11.3 Å². The summed E-state index contributed by atoms with van der Waals surface area (Å²) in [6.45, 7) is 10.1. The number of nitrogens with one attached hydrogen (secondary N) is 1. The van der Waals surface area contributed by atoms with Gasteiger partial charge in [0, 0.05) is 24.0 Å². The number of hydrogen-bond acceptors (Lipinski definition) is 4. The van der Waals surface area contributed by atoms with Crippen molar-refractivity contribution in [3.8, 4) is 0 Å². The molecule has 0 spiro atoms. The molecule has 2 saturated carbocycles. The Labute approximate surface area is 133 Å². The molecule has 2 fully saturated rings. The Morgan fingerprint density at radius 3 is 2.62 bits per heavy atom. The van der Waals surface area contributed by atoms with Crippen molar-refractivity contribution in [2.75, 3.05) is 18.0 Å². The van der Waals surface area contributed by atoms with Crippen molar-refractivity contribution in [1.29, 1.82) is 0 Å². The van der Waals surface area contributed by atoms with Gasteiger partial charge in [-0.1, -0.05) is 20.8 Å². The minimum atomic E-state index is 0.524. The zero-order valence-electron chi connectivity index (χ0n) is 13.7. The lowest BCUT2D eigenvalue weighted by Gasteiger charge is -2.21. The van der Waals surface area contributed by atoms with E-state index in [0.29, 0.717) is 5.92 Å². The molecule has 0 aliphatic heterocycles. The molecule has 2 aliphatic carbocycles. The Hall–Kier alpha value is -0.610. The number of thiazole rings is 1. The third kappa shape index (κ3) is 3.98. The molecule has 0 aromatic carbocycles. The molecule has 3 nitrogen and oxygen atoms in total. The van der Waals surface area contributed by atoms with Crippen molar-refractivity contribution in [1.82, 2.24) is 10.3 Å². The second-order valence-electron chi connectivity index (χ2n) is 6.96. The fourth-order valence-corrected chi connectivity index (χ4v) is 4.04. The van der Waals surface area contributed by atoms with Crippen molar-refractivity contribution >= 4 is 16.5 Å². The maximum Gasteiger partial charge on any atom is 0.186 e. The molecule has 0 unspecified atom stereocenters. The lowest BCUT2D eigenvalue weighted by Crippen LogP contribution is -2.27. The molecule has 2 aliphatic rings. The van der Waals surface area contributed by atoms with Crippen LogP contribution >= 0.6 is 11.3 Å². The number of rotatable bonds is 9. The van der Waals surface area contributed by atoms with Crippen LogP contribution in [0.4, 0.5) is 5.13 Å². The molecule has 4 heteroatoms. The minimum absolute atomic E-state index is 0.524. The Bertz CT molecular complexity index is 461. The first-order valence-corrected chi connectivity index (χ1v) is 9.47. The summed E-state index contributed by atoms with van der Waals surface area (Å²) < 4.78 is 0. The SMILES string of the molecule is CCCNCc1sc(N(CC2CC2)C2CC2)nc1C(C)C. The quantitative estimate of drug-likeness (QED) is 0.695. The molecular formula is C17H29N3S. The van der Waals surface area contributed by atoms with Gasteiger partial charge in [0.1, 0.15) is 0 Å². The van der Waals surface area contributed by atoms with E-state index in [9.17, 15) is 0 Å². The van der Waals surface area contributed by atoms with Gasteiger partial charge in [0.15, 0.2) is 5.13 Å². The van der Waals surface area contributed by atoms with Crippen LogP contribution in [0, 0.1) is 5.92 Å². The molecule has 0 atom stereocenters. The lowest BCUT2D eigenvalue weighted by atomic mass is 10.1. The summed E-state index contributed by atoms with van der Waals surface area (Å²) >= 11 is 1.94. The highest BCUT2D eigenvalue weighted by molar-refractivity contribution is 7.15. The molecular weight excluding hydrogens is 278 g/mol. The van der Waals surface area contributed by atoms with Gasteiger partial charge in [-0.15, -0.1) is 11.3 Å². The van der Waals surface area contributed by atoms with Gasteiger partial charge >= 0.3 is 0 Å². The number of nitrogens with zero attached hydrogens (tertiary/aromatic N) is 2. The zero-order valence-corrected chi connectivity index (χ0v) is 14.5. The Balaban J connectivity index is 1.74. The van der Waals surface area contributed by atoms with E-state index in [2.05, 4.69) is 31.0 Å². The van der Waals surface area contributed by atoms with Gasteiger partial charge in [0.25, 0.3) is 0 Å². The van der Waals surface area contributed by atoms with Gasteiger partial charge in [0.2, 0.25) is 0 Å². The van der Waals surface area contributed by atoms with Crippen molar-refractivity contribution < 1.29 is 0 Å². The summed E-state index contributed by atoms with van der Waals surface area (Å²) in [5, 5.41) is 4.84. The lowest BCUT2D eigenvalue weighted by molar-refractivity contribution is 0.669. The van der Waals surface area contributed by atoms with E-state index in [1.165, 1.54) is 54.4 Å². The number of aromatic nitrogens is 1. The Kier molecular flexibility index (Phi) is 4.85. The normalized spacial score (nSPS) is 18.5. The molecule has 1 heterocycles. The summed E-state index contributed by atoms with van der Waals surface area (Å²) in [5.41, 5.74) is 1.32. The topological polar surface area (TPSA) is 28.2 Å². The van der Waals surface area contributed by atoms with Gasteiger partial charge in [-0.05, 0) is 50.5 Å². The number of anilines is 1.